The van der Waals surface area contributed by atoms with Gasteiger partial charge in [-0.1, -0.05) is 0 Å². The minimum Gasteiger partial charge on any atom is -0.452 e. The molecular formula is C20H20F2N2O4. The third-order valence-electron chi connectivity index (χ3n) is 3.96. The van der Waals surface area contributed by atoms with Crippen LogP contribution in [-0.4, -0.2) is 42.4 Å². The maximum absolute atomic E-state index is 13.1. The first kappa shape index (κ1) is 21.0. The normalized spacial score (nSPS) is 10.3. The predicted molar refractivity (Wildman–Crippen MR) is 99.0 cm³/mol. The van der Waals surface area contributed by atoms with Crippen molar-refractivity contribution in [2.24, 2.45) is 0 Å². The first-order valence-corrected chi connectivity index (χ1v) is 8.67. The van der Waals surface area contributed by atoms with Crippen LogP contribution in [0.25, 0.3) is 0 Å². The number of carbonyl (C=O) groups is 3. The molecule has 0 saturated carbocycles. The molecule has 0 spiro atoms. The lowest BCUT2D eigenvalue weighted by molar-refractivity contribution is -0.119. The van der Waals surface area contributed by atoms with Crippen molar-refractivity contribution in [3.05, 3.63) is 65.2 Å². The van der Waals surface area contributed by atoms with E-state index in [1.165, 1.54) is 0 Å². The Balaban J connectivity index is 1.89. The van der Waals surface area contributed by atoms with Crippen LogP contribution in [0, 0.1) is 11.6 Å². The van der Waals surface area contributed by atoms with Gasteiger partial charge in [0.2, 0.25) is 0 Å². The molecule has 0 saturated heterocycles. The SMILES string of the molecule is CCN(CC)C(=O)c1ccc(NC(=O)COC(=O)c2ccc(F)c(F)c2)cc1. The molecule has 0 bridgehead atoms. The van der Waals surface area contributed by atoms with Gasteiger partial charge in [0, 0.05) is 24.3 Å². The molecule has 0 aliphatic heterocycles. The molecule has 6 nitrogen and oxygen atoms in total. The highest BCUT2D eigenvalue weighted by atomic mass is 19.2. The Kier molecular flexibility index (Phi) is 7.20. The van der Waals surface area contributed by atoms with Crippen molar-refractivity contribution in [1.82, 2.24) is 4.90 Å². The van der Waals surface area contributed by atoms with Crippen molar-refractivity contribution in [2.45, 2.75) is 13.8 Å². The molecule has 0 heterocycles. The van der Waals surface area contributed by atoms with Gasteiger partial charge in [0.05, 0.1) is 5.56 Å². The molecule has 148 valence electrons. The van der Waals surface area contributed by atoms with Crippen LogP contribution in [0.1, 0.15) is 34.6 Å². The zero-order chi connectivity index (χ0) is 20.7. The van der Waals surface area contributed by atoms with Crippen LogP contribution in [0.5, 0.6) is 0 Å². The highest BCUT2D eigenvalue weighted by molar-refractivity contribution is 5.97. The summed E-state index contributed by atoms with van der Waals surface area (Å²) in [6.07, 6.45) is 0. The highest BCUT2D eigenvalue weighted by Gasteiger charge is 2.14. The van der Waals surface area contributed by atoms with Crippen LogP contribution in [0.2, 0.25) is 0 Å². The molecule has 0 aliphatic rings. The summed E-state index contributed by atoms with van der Waals surface area (Å²) >= 11 is 0. The van der Waals surface area contributed by atoms with Gasteiger partial charge < -0.3 is 15.0 Å². The third-order valence-corrected chi connectivity index (χ3v) is 3.96. The second-order valence-corrected chi connectivity index (χ2v) is 5.81. The monoisotopic (exact) mass is 390 g/mol. The van der Waals surface area contributed by atoms with Gasteiger partial charge in [-0.15, -0.1) is 0 Å². The molecule has 0 unspecified atom stereocenters. The van der Waals surface area contributed by atoms with Gasteiger partial charge in [-0.3, -0.25) is 9.59 Å². The number of esters is 1. The van der Waals surface area contributed by atoms with E-state index in [4.69, 9.17) is 4.74 Å². The van der Waals surface area contributed by atoms with Crippen LogP contribution < -0.4 is 5.32 Å². The van der Waals surface area contributed by atoms with Crippen molar-refractivity contribution in [3.63, 3.8) is 0 Å². The molecular weight excluding hydrogens is 370 g/mol. The molecule has 2 aromatic carbocycles. The summed E-state index contributed by atoms with van der Waals surface area (Å²) in [7, 11) is 0. The largest absolute Gasteiger partial charge is 0.452 e. The molecule has 8 heteroatoms. The minimum absolute atomic E-state index is 0.108. The van der Waals surface area contributed by atoms with Gasteiger partial charge in [0.25, 0.3) is 11.8 Å². The Labute approximate surface area is 161 Å². The molecule has 0 atom stereocenters. The van der Waals surface area contributed by atoms with Crippen LogP contribution >= 0.6 is 0 Å². The Morgan fingerprint density at radius 1 is 0.929 bits per heavy atom. The minimum atomic E-state index is -1.18. The molecule has 0 fully saturated rings. The summed E-state index contributed by atoms with van der Waals surface area (Å²) in [4.78, 5) is 37.6. The van der Waals surface area contributed by atoms with Crippen LogP contribution in [0.4, 0.5) is 14.5 Å². The lowest BCUT2D eigenvalue weighted by atomic mass is 10.2. The van der Waals surface area contributed by atoms with Crippen LogP contribution in [-0.2, 0) is 9.53 Å². The number of nitrogens with zero attached hydrogens (tertiary/aromatic N) is 1. The van der Waals surface area contributed by atoms with E-state index in [0.717, 1.165) is 12.1 Å². The van der Waals surface area contributed by atoms with E-state index in [2.05, 4.69) is 5.32 Å². The summed E-state index contributed by atoms with van der Waals surface area (Å²) in [5.74, 6) is -3.94. The van der Waals surface area contributed by atoms with E-state index in [1.807, 2.05) is 13.8 Å². The number of nitrogens with one attached hydrogen (secondary N) is 1. The fourth-order valence-electron chi connectivity index (χ4n) is 2.42. The molecule has 2 aromatic rings. The lowest BCUT2D eigenvalue weighted by Gasteiger charge is -2.18. The van der Waals surface area contributed by atoms with Crippen molar-refractivity contribution in [3.8, 4) is 0 Å². The number of carbonyl (C=O) groups excluding carboxylic acids is 3. The maximum Gasteiger partial charge on any atom is 0.338 e. The molecule has 2 rings (SSSR count). The molecule has 28 heavy (non-hydrogen) atoms. The number of benzene rings is 2. The first-order valence-electron chi connectivity index (χ1n) is 8.67. The average molecular weight is 390 g/mol. The molecule has 0 aromatic heterocycles. The Bertz CT molecular complexity index is 865. The maximum atomic E-state index is 13.1. The second kappa shape index (κ2) is 9.59. The van der Waals surface area contributed by atoms with Gasteiger partial charge in [-0.05, 0) is 56.3 Å². The van der Waals surface area contributed by atoms with E-state index in [0.29, 0.717) is 30.4 Å². The summed E-state index contributed by atoms with van der Waals surface area (Å²) in [5.41, 5.74) is 0.711. The van der Waals surface area contributed by atoms with Crippen LogP contribution in [0.15, 0.2) is 42.5 Å². The summed E-state index contributed by atoms with van der Waals surface area (Å²) in [6, 6.07) is 8.85. The Morgan fingerprint density at radius 3 is 2.11 bits per heavy atom. The van der Waals surface area contributed by atoms with Gasteiger partial charge in [0.15, 0.2) is 18.2 Å². The van der Waals surface area contributed by atoms with Crippen molar-refractivity contribution in [2.75, 3.05) is 25.0 Å². The molecule has 1 N–H and O–H groups in total. The number of amides is 2. The standard InChI is InChI=1S/C20H20F2N2O4/c1-3-24(4-2)19(26)13-5-8-15(9-6-13)23-18(25)12-28-20(27)14-7-10-16(21)17(22)11-14/h5-11H,3-4,12H2,1-2H3,(H,23,25). The van der Waals surface area contributed by atoms with Gasteiger partial charge in [-0.25, -0.2) is 13.6 Å². The topological polar surface area (TPSA) is 75.7 Å². The van der Waals surface area contributed by atoms with Crippen molar-refractivity contribution >= 4 is 23.5 Å². The van der Waals surface area contributed by atoms with Gasteiger partial charge in [-0.2, -0.15) is 0 Å². The molecule has 0 aliphatic carbocycles. The van der Waals surface area contributed by atoms with E-state index in [9.17, 15) is 23.2 Å². The molecule has 0 radical (unpaired) electrons. The number of hydrogen-bond acceptors (Lipinski definition) is 4. The lowest BCUT2D eigenvalue weighted by Crippen LogP contribution is -2.30. The fourth-order valence-corrected chi connectivity index (χ4v) is 2.42. The quantitative estimate of drug-likeness (QED) is 0.737. The Hall–Kier alpha value is -3.29. The number of halogens is 2. The van der Waals surface area contributed by atoms with Gasteiger partial charge in [0.1, 0.15) is 0 Å². The smallest absolute Gasteiger partial charge is 0.338 e. The third kappa shape index (κ3) is 5.35. The Morgan fingerprint density at radius 2 is 1.54 bits per heavy atom. The number of anilines is 1. The number of ether oxygens (including phenoxy) is 1. The number of rotatable bonds is 7. The second-order valence-electron chi connectivity index (χ2n) is 5.81. The van der Waals surface area contributed by atoms with Crippen LogP contribution in [0.3, 0.4) is 0 Å². The average Bonchev–Trinajstić information content (AvgIpc) is 2.69. The number of hydrogen-bond donors (Lipinski definition) is 1. The summed E-state index contributed by atoms with van der Waals surface area (Å²) in [5, 5.41) is 2.52. The fraction of sp³-hybridized carbons (Fsp3) is 0.250. The van der Waals surface area contributed by atoms with E-state index in [-0.39, 0.29) is 11.5 Å². The predicted octanol–water partition coefficient (Wildman–Crippen LogP) is 3.24. The molecule has 2 amide bonds. The zero-order valence-electron chi connectivity index (χ0n) is 15.5. The van der Waals surface area contributed by atoms with Crippen molar-refractivity contribution < 1.29 is 27.9 Å². The van der Waals surface area contributed by atoms with Crippen molar-refractivity contribution in [1.29, 1.82) is 0 Å². The van der Waals surface area contributed by atoms with E-state index >= 15 is 0 Å². The van der Waals surface area contributed by atoms with E-state index in [1.54, 1.807) is 29.2 Å². The summed E-state index contributed by atoms with van der Waals surface area (Å²) in [6.45, 7) is 4.36. The van der Waals surface area contributed by atoms with E-state index < -0.39 is 30.1 Å². The highest BCUT2D eigenvalue weighted by Crippen LogP contribution is 2.13. The first-order chi connectivity index (χ1) is 13.3. The van der Waals surface area contributed by atoms with Gasteiger partial charge >= 0.3 is 5.97 Å². The zero-order valence-corrected chi connectivity index (χ0v) is 15.5. The summed E-state index contributed by atoms with van der Waals surface area (Å²) < 4.78 is 30.8.